The number of nitrogens with one attached hydrogen (secondary N) is 1. The van der Waals surface area contributed by atoms with Gasteiger partial charge in [-0.05, 0) is 23.3 Å². The molecule has 0 radical (unpaired) electrons. The Morgan fingerprint density at radius 2 is 1.49 bits per heavy atom. The summed E-state index contributed by atoms with van der Waals surface area (Å²) in [5.74, 6) is -7.06. The van der Waals surface area contributed by atoms with Gasteiger partial charge >= 0.3 is 18.1 Å². The molecule has 4 rings (SSSR count). The number of hydrogen-bond acceptors (Lipinski definition) is 8. The fourth-order valence-corrected chi connectivity index (χ4v) is 4.35. The molecular formula is C31H25F3N4O7. The zero-order chi connectivity index (χ0) is 32.8. The van der Waals surface area contributed by atoms with E-state index in [1.165, 1.54) is 60.7 Å². The van der Waals surface area contributed by atoms with E-state index in [4.69, 9.17) is 15.6 Å². The maximum Gasteiger partial charge on any atom is 0.452 e. The molecule has 0 fully saturated rings. The predicted molar refractivity (Wildman–Crippen MR) is 152 cm³/mol. The van der Waals surface area contributed by atoms with E-state index >= 15 is 0 Å². The molecule has 1 amide bonds. The highest BCUT2D eigenvalue weighted by atomic mass is 19.4. The van der Waals surface area contributed by atoms with Crippen molar-refractivity contribution in [3.63, 3.8) is 0 Å². The molecule has 3 aromatic carbocycles. The number of esters is 1. The molecule has 45 heavy (non-hydrogen) atoms. The number of nitrogens with two attached hydrogens (primary N) is 1. The lowest BCUT2D eigenvalue weighted by molar-refractivity contribution is -0.174. The molecule has 11 nitrogen and oxygen atoms in total. The lowest BCUT2D eigenvalue weighted by Crippen LogP contribution is -2.66. The van der Waals surface area contributed by atoms with Gasteiger partial charge in [0.2, 0.25) is 0 Å². The first-order valence-electron chi connectivity index (χ1n) is 13.2. The van der Waals surface area contributed by atoms with E-state index in [1.807, 2.05) is 5.32 Å². The number of aromatic nitrogens is 2. The average Bonchev–Trinajstić information content (AvgIpc) is 3.03. The number of Topliss-reactive ketones (excluding diaryl/α,β-unsaturated/α-hetero) is 1. The number of halogens is 3. The summed E-state index contributed by atoms with van der Waals surface area (Å²) in [5.41, 5.74) is 2.82. The Labute approximate surface area is 253 Å². The van der Waals surface area contributed by atoms with Crippen LogP contribution in [0.5, 0.6) is 0 Å². The molecule has 14 heteroatoms. The molecule has 0 saturated heterocycles. The van der Waals surface area contributed by atoms with Gasteiger partial charge < -0.3 is 15.2 Å². The lowest BCUT2D eigenvalue weighted by Gasteiger charge is -2.31. The number of amides is 1. The fraction of sp³-hybridized carbons (Fsp3) is 0.161. The SMILES string of the molecule is NC(C(=O)NC(Cc1ccccc1)C(=O)C(F)(F)F)(C(=O)OCc1ccc(C(=O)O)cc1)n1c(-c2ccccc2)nccc1=O. The second kappa shape index (κ2) is 13.3. The molecule has 2 atom stereocenters. The molecule has 1 aromatic heterocycles. The number of rotatable bonds is 11. The number of carbonyl (C=O) groups excluding carboxylic acids is 3. The third-order valence-electron chi connectivity index (χ3n) is 6.64. The molecule has 0 aliphatic carbocycles. The smallest absolute Gasteiger partial charge is 0.452 e. The molecule has 0 spiro atoms. The Morgan fingerprint density at radius 1 is 0.889 bits per heavy atom. The summed E-state index contributed by atoms with van der Waals surface area (Å²) in [6.07, 6.45) is -4.92. The summed E-state index contributed by atoms with van der Waals surface area (Å²) in [6, 6.07) is 18.9. The number of carbonyl (C=O) groups is 4. The van der Waals surface area contributed by atoms with Crippen molar-refractivity contribution in [2.75, 3.05) is 0 Å². The number of aromatic carboxylic acids is 1. The minimum absolute atomic E-state index is 0.0640. The van der Waals surface area contributed by atoms with Crippen molar-refractivity contribution in [3.8, 4) is 11.4 Å². The van der Waals surface area contributed by atoms with Gasteiger partial charge in [-0.25, -0.2) is 14.6 Å². The van der Waals surface area contributed by atoms with E-state index in [1.54, 1.807) is 24.3 Å². The van der Waals surface area contributed by atoms with Gasteiger partial charge in [-0.15, -0.1) is 0 Å². The molecular weight excluding hydrogens is 597 g/mol. The number of hydrogen-bond donors (Lipinski definition) is 3. The quantitative estimate of drug-likeness (QED) is 0.168. The summed E-state index contributed by atoms with van der Waals surface area (Å²) in [7, 11) is 0. The number of nitrogens with zero attached hydrogens (tertiary/aromatic N) is 2. The summed E-state index contributed by atoms with van der Waals surface area (Å²) < 4.78 is 46.7. The van der Waals surface area contributed by atoms with E-state index < -0.39 is 60.1 Å². The van der Waals surface area contributed by atoms with Crippen molar-refractivity contribution >= 4 is 23.6 Å². The number of carboxylic acid groups (broad SMARTS) is 1. The van der Waals surface area contributed by atoms with E-state index in [2.05, 4.69) is 4.98 Å². The number of alkyl halides is 3. The maximum atomic E-state index is 13.9. The zero-order valence-electron chi connectivity index (χ0n) is 23.2. The van der Waals surface area contributed by atoms with Gasteiger partial charge in [0.1, 0.15) is 18.5 Å². The Morgan fingerprint density at radius 3 is 2.07 bits per heavy atom. The van der Waals surface area contributed by atoms with Gasteiger partial charge in [-0.1, -0.05) is 72.8 Å². The normalized spacial score (nSPS) is 13.2. The molecule has 4 N–H and O–H groups in total. The first-order chi connectivity index (χ1) is 21.3. The molecule has 2 unspecified atom stereocenters. The minimum Gasteiger partial charge on any atom is -0.478 e. The van der Waals surface area contributed by atoms with Crippen LogP contribution in [0.1, 0.15) is 21.5 Å². The Hall–Kier alpha value is -5.63. The highest BCUT2D eigenvalue weighted by molar-refractivity contribution is 6.06. The van der Waals surface area contributed by atoms with Crippen LogP contribution < -0.4 is 16.6 Å². The molecule has 232 valence electrons. The monoisotopic (exact) mass is 622 g/mol. The molecule has 4 aromatic rings. The Balaban J connectivity index is 1.79. The summed E-state index contributed by atoms with van der Waals surface area (Å²) in [6.45, 7) is -0.574. The summed E-state index contributed by atoms with van der Waals surface area (Å²) in [5, 5.41) is 11.0. The maximum absolute atomic E-state index is 13.9. The largest absolute Gasteiger partial charge is 0.478 e. The molecule has 0 bridgehead atoms. The van der Waals surface area contributed by atoms with Crippen molar-refractivity contribution in [1.82, 2.24) is 14.9 Å². The number of ether oxygens (including phenoxy) is 1. The van der Waals surface area contributed by atoms with Gasteiger partial charge in [0.15, 0.2) is 0 Å². The van der Waals surface area contributed by atoms with Crippen molar-refractivity contribution < 1.29 is 42.2 Å². The molecule has 0 aliphatic heterocycles. The van der Waals surface area contributed by atoms with Crippen LogP contribution in [0.3, 0.4) is 0 Å². The molecule has 0 saturated carbocycles. The van der Waals surface area contributed by atoms with Crippen LogP contribution in [-0.4, -0.2) is 50.5 Å². The van der Waals surface area contributed by atoms with E-state index in [-0.39, 0.29) is 28.1 Å². The minimum atomic E-state index is -5.38. The highest BCUT2D eigenvalue weighted by Crippen LogP contribution is 2.24. The lowest BCUT2D eigenvalue weighted by atomic mass is 10.00. The van der Waals surface area contributed by atoms with Gasteiger partial charge in [0.05, 0.1) is 5.56 Å². The van der Waals surface area contributed by atoms with Crippen molar-refractivity contribution in [3.05, 3.63) is 124 Å². The van der Waals surface area contributed by atoms with Gasteiger partial charge in [-0.3, -0.25) is 24.7 Å². The standard InChI is InChI=1S/C31H25F3N4O7/c32-31(33,34)25(40)23(17-19-7-3-1-4-8-19)37-28(43)30(35,29(44)45-18-20-11-13-22(14-12-20)27(41)42)38-24(39)15-16-36-26(38)21-9-5-2-6-10-21/h1-16,23H,17-18,35H2,(H,37,43)(H,41,42). The van der Waals surface area contributed by atoms with Crippen molar-refractivity contribution in [1.29, 1.82) is 0 Å². The van der Waals surface area contributed by atoms with Crippen LogP contribution >= 0.6 is 0 Å². The Bertz CT molecular complexity index is 1760. The first kappa shape index (κ1) is 32.3. The third-order valence-corrected chi connectivity index (χ3v) is 6.64. The van der Waals surface area contributed by atoms with Crippen LogP contribution in [-0.2, 0) is 37.8 Å². The second-order valence-electron chi connectivity index (χ2n) is 9.73. The van der Waals surface area contributed by atoms with Crippen LogP contribution in [0.25, 0.3) is 11.4 Å². The molecule has 0 aliphatic rings. The molecule has 1 heterocycles. The fourth-order valence-electron chi connectivity index (χ4n) is 4.35. The predicted octanol–water partition coefficient (Wildman–Crippen LogP) is 2.82. The topological polar surface area (TPSA) is 171 Å². The summed E-state index contributed by atoms with van der Waals surface area (Å²) in [4.78, 5) is 68.6. The second-order valence-corrected chi connectivity index (χ2v) is 9.73. The van der Waals surface area contributed by atoms with Crippen LogP contribution in [0.15, 0.2) is 102 Å². The van der Waals surface area contributed by atoms with Crippen LogP contribution in [0.4, 0.5) is 13.2 Å². The third kappa shape index (κ3) is 7.30. The van der Waals surface area contributed by atoms with Gasteiger partial charge in [0.25, 0.3) is 22.9 Å². The zero-order valence-corrected chi connectivity index (χ0v) is 23.2. The first-order valence-corrected chi connectivity index (χ1v) is 13.2. The van der Waals surface area contributed by atoms with Gasteiger partial charge in [0, 0.05) is 24.2 Å². The van der Waals surface area contributed by atoms with Crippen LogP contribution in [0, 0.1) is 0 Å². The van der Waals surface area contributed by atoms with E-state index in [0.717, 1.165) is 12.3 Å². The van der Waals surface area contributed by atoms with Gasteiger partial charge in [-0.2, -0.15) is 13.2 Å². The van der Waals surface area contributed by atoms with Crippen LogP contribution in [0.2, 0.25) is 0 Å². The van der Waals surface area contributed by atoms with E-state index in [0.29, 0.717) is 4.57 Å². The van der Waals surface area contributed by atoms with Crippen molar-refractivity contribution in [2.24, 2.45) is 5.73 Å². The van der Waals surface area contributed by atoms with E-state index in [9.17, 15) is 37.1 Å². The number of carboxylic acids is 1. The average molecular weight is 623 g/mol. The number of ketones is 1. The highest BCUT2D eigenvalue weighted by Gasteiger charge is 2.51. The number of benzene rings is 3. The van der Waals surface area contributed by atoms with Crippen molar-refractivity contribution in [2.45, 2.75) is 30.9 Å². The summed E-state index contributed by atoms with van der Waals surface area (Å²) >= 11 is 0. The Kier molecular flexibility index (Phi) is 9.57.